The summed E-state index contributed by atoms with van der Waals surface area (Å²) in [5, 5.41) is 18.8. The lowest BCUT2D eigenvalue weighted by Gasteiger charge is -2.06. The summed E-state index contributed by atoms with van der Waals surface area (Å²) in [6, 6.07) is 1.10. The second-order valence-corrected chi connectivity index (χ2v) is 3.64. The molecule has 0 spiro atoms. The summed E-state index contributed by atoms with van der Waals surface area (Å²) in [6.07, 6.45) is 0. The van der Waals surface area contributed by atoms with Gasteiger partial charge < -0.3 is 25.6 Å². The highest BCUT2D eigenvalue weighted by molar-refractivity contribution is 5.86. The number of nitrogens with one attached hydrogen (secondary N) is 3. The van der Waals surface area contributed by atoms with Gasteiger partial charge in [-0.05, 0) is 6.92 Å². The van der Waals surface area contributed by atoms with Gasteiger partial charge in [0, 0.05) is 6.07 Å². The van der Waals surface area contributed by atoms with Crippen LogP contribution in [0, 0.1) is 6.92 Å². The van der Waals surface area contributed by atoms with Gasteiger partial charge in [0.2, 0.25) is 5.91 Å². The minimum absolute atomic E-state index is 0.167. The monoisotopic (exact) mass is 270 g/mol. The van der Waals surface area contributed by atoms with Crippen LogP contribution in [0.5, 0.6) is 0 Å². The summed E-state index contributed by atoms with van der Waals surface area (Å²) < 4.78 is 4.81. The molecule has 4 N–H and O–H groups in total. The van der Waals surface area contributed by atoms with Gasteiger partial charge in [0.05, 0.1) is 13.1 Å². The average Bonchev–Trinajstić information content (AvgIpc) is 2.77. The number of aliphatic carboxylic acids is 1. The Morgan fingerprint density at radius 2 is 2.00 bits per heavy atom. The van der Waals surface area contributed by atoms with Crippen LogP contribution in [0.1, 0.15) is 11.5 Å². The molecule has 1 rings (SSSR count). The quantitative estimate of drug-likeness (QED) is 0.523. The molecule has 0 aromatic carbocycles. The standard InChI is InChI=1S/C10H14N4O5/c1-6-2-7(14-19-6)3-12-10(18)13-4-8(15)11-5-9(16)17/h2H,3-5H2,1H3,(H,11,15)(H,16,17)(H2,12,13,18). The first kappa shape index (κ1) is 14.5. The molecule has 0 saturated heterocycles. The predicted octanol–water partition coefficient (Wildman–Crippen LogP) is -1.02. The fourth-order valence-electron chi connectivity index (χ4n) is 1.13. The van der Waals surface area contributed by atoms with E-state index in [1.165, 1.54) is 0 Å². The van der Waals surface area contributed by atoms with Gasteiger partial charge in [-0.2, -0.15) is 0 Å². The van der Waals surface area contributed by atoms with Gasteiger partial charge in [-0.3, -0.25) is 9.59 Å². The summed E-state index contributed by atoms with van der Waals surface area (Å²) in [7, 11) is 0. The Bertz CT molecular complexity index is 470. The van der Waals surface area contributed by atoms with Crippen molar-refractivity contribution in [3.8, 4) is 0 Å². The van der Waals surface area contributed by atoms with Crippen LogP contribution in [0.2, 0.25) is 0 Å². The molecule has 0 aliphatic heterocycles. The van der Waals surface area contributed by atoms with Crippen LogP contribution in [0.15, 0.2) is 10.6 Å². The SMILES string of the molecule is Cc1cc(CNC(=O)NCC(=O)NCC(=O)O)no1. The fourth-order valence-corrected chi connectivity index (χ4v) is 1.13. The van der Waals surface area contributed by atoms with Crippen molar-refractivity contribution < 1.29 is 24.0 Å². The fraction of sp³-hybridized carbons (Fsp3) is 0.400. The molecule has 9 nitrogen and oxygen atoms in total. The number of carboxylic acids is 1. The number of urea groups is 1. The lowest BCUT2D eigenvalue weighted by molar-refractivity contribution is -0.137. The predicted molar refractivity (Wildman–Crippen MR) is 62.1 cm³/mol. The second-order valence-electron chi connectivity index (χ2n) is 3.64. The highest BCUT2D eigenvalue weighted by atomic mass is 16.5. The van der Waals surface area contributed by atoms with Gasteiger partial charge >= 0.3 is 12.0 Å². The molecule has 0 aliphatic carbocycles. The summed E-state index contributed by atoms with van der Waals surface area (Å²) >= 11 is 0. The van der Waals surface area contributed by atoms with E-state index in [2.05, 4.69) is 21.1 Å². The number of rotatable bonds is 6. The molecule has 0 unspecified atom stereocenters. The summed E-state index contributed by atoms with van der Waals surface area (Å²) in [6.45, 7) is 1.10. The average molecular weight is 270 g/mol. The molecule has 1 heterocycles. The number of carbonyl (C=O) groups is 3. The number of hydrogen-bond acceptors (Lipinski definition) is 5. The Morgan fingerprint density at radius 3 is 2.58 bits per heavy atom. The minimum atomic E-state index is -1.15. The summed E-state index contributed by atoms with van der Waals surface area (Å²) in [5.41, 5.74) is 0.558. The normalized spacial score (nSPS) is 9.74. The van der Waals surface area contributed by atoms with Gasteiger partial charge in [-0.15, -0.1) is 0 Å². The van der Waals surface area contributed by atoms with Crippen molar-refractivity contribution >= 4 is 17.9 Å². The summed E-state index contributed by atoms with van der Waals surface area (Å²) in [4.78, 5) is 32.5. The summed E-state index contributed by atoms with van der Waals surface area (Å²) in [5.74, 6) is -1.11. The van der Waals surface area contributed by atoms with Crippen molar-refractivity contribution in [3.05, 3.63) is 17.5 Å². The van der Waals surface area contributed by atoms with Crippen LogP contribution in [0.25, 0.3) is 0 Å². The molecule has 0 bridgehead atoms. The zero-order chi connectivity index (χ0) is 14.3. The van der Waals surface area contributed by atoms with E-state index in [1.54, 1.807) is 13.0 Å². The molecule has 0 atom stereocenters. The van der Waals surface area contributed by atoms with Crippen LogP contribution in [0.4, 0.5) is 4.79 Å². The van der Waals surface area contributed by atoms with Gasteiger partial charge in [-0.25, -0.2) is 4.79 Å². The lowest BCUT2D eigenvalue weighted by Crippen LogP contribution is -2.42. The molecule has 0 radical (unpaired) electrons. The van der Waals surface area contributed by atoms with Crippen molar-refractivity contribution in [1.29, 1.82) is 0 Å². The number of hydrogen-bond donors (Lipinski definition) is 4. The first-order valence-corrected chi connectivity index (χ1v) is 5.39. The maximum absolute atomic E-state index is 11.3. The van der Waals surface area contributed by atoms with Gasteiger partial charge in [0.25, 0.3) is 0 Å². The topological polar surface area (TPSA) is 134 Å². The number of carbonyl (C=O) groups excluding carboxylic acids is 2. The molecule has 9 heteroatoms. The minimum Gasteiger partial charge on any atom is -0.480 e. The number of aryl methyl sites for hydroxylation is 1. The first-order valence-electron chi connectivity index (χ1n) is 5.39. The van der Waals surface area contributed by atoms with Gasteiger partial charge in [-0.1, -0.05) is 5.16 Å². The maximum atomic E-state index is 11.3. The smallest absolute Gasteiger partial charge is 0.322 e. The molecule has 19 heavy (non-hydrogen) atoms. The number of carboxylic acid groups (broad SMARTS) is 1. The Kier molecular flexibility index (Phi) is 5.33. The van der Waals surface area contributed by atoms with Crippen LogP contribution in [-0.4, -0.2) is 41.3 Å². The molecule has 104 valence electrons. The Balaban J connectivity index is 2.17. The number of nitrogens with zero attached hydrogens (tertiary/aromatic N) is 1. The molecule has 3 amide bonds. The van der Waals surface area contributed by atoms with Gasteiger partial charge in [0.1, 0.15) is 18.0 Å². The van der Waals surface area contributed by atoms with E-state index >= 15 is 0 Å². The zero-order valence-electron chi connectivity index (χ0n) is 10.2. The molecule has 0 fully saturated rings. The highest BCUT2D eigenvalue weighted by Gasteiger charge is 2.07. The van der Waals surface area contributed by atoms with Crippen molar-refractivity contribution in [2.75, 3.05) is 13.1 Å². The third-order valence-electron chi connectivity index (χ3n) is 1.95. The van der Waals surface area contributed by atoms with Crippen molar-refractivity contribution in [2.24, 2.45) is 0 Å². The first-order chi connectivity index (χ1) is 8.97. The van der Waals surface area contributed by atoms with E-state index in [-0.39, 0.29) is 13.1 Å². The maximum Gasteiger partial charge on any atom is 0.322 e. The van der Waals surface area contributed by atoms with E-state index < -0.39 is 24.5 Å². The third kappa shape index (κ3) is 6.05. The molecule has 1 aromatic rings. The lowest BCUT2D eigenvalue weighted by atomic mass is 10.4. The van der Waals surface area contributed by atoms with Crippen molar-refractivity contribution in [2.45, 2.75) is 13.5 Å². The molecule has 0 saturated carbocycles. The number of aromatic nitrogens is 1. The third-order valence-corrected chi connectivity index (χ3v) is 1.95. The van der Waals surface area contributed by atoms with E-state index in [0.29, 0.717) is 11.5 Å². The van der Waals surface area contributed by atoms with E-state index in [4.69, 9.17) is 9.63 Å². The van der Waals surface area contributed by atoms with Gasteiger partial charge in [0.15, 0.2) is 0 Å². The Hall–Kier alpha value is -2.58. The highest BCUT2D eigenvalue weighted by Crippen LogP contribution is 2.00. The largest absolute Gasteiger partial charge is 0.480 e. The van der Waals surface area contributed by atoms with E-state index in [0.717, 1.165) is 0 Å². The molecule has 1 aromatic heterocycles. The van der Waals surface area contributed by atoms with Crippen LogP contribution >= 0.6 is 0 Å². The Labute approximate surface area is 108 Å². The molecular formula is C10H14N4O5. The van der Waals surface area contributed by atoms with Crippen molar-refractivity contribution in [1.82, 2.24) is 21.1 Å². The molecule has 0 aliphatic rings. The van der Waals surface area contributed by atoms with Crippen LogP contribution in [0.3, 0.4) is 0 Å². The van der Waals surface area contributed by atoms with E-state index in [9.17, 15) is 14.4 Å². The van der Waals surface area contributed by atoms with Crippen molar-refractivity contribution in [3.63, 3.8) is 0 Å². The van der Waals surface area contributed by atoms with Crippen LogP contribution < -0.4 is 16.0 Å². The Morgan fingerprint density at radius 1 is 1.26 bits per heavy atom. The van der Waals surface area contributed by atoms with Crippen LogP contribution in [-0.2, 0) is 16.1 Å². The molecular weight excluding hydrogens is 256 g/mol. The van der Waals surface area contributed by atoms with E-state index in [1.807, 2.05) is 0 Å². The number of amides is 3. The second kappa shape index (κ2) is 6.99. The zero-order valence-corrected chi connectivity index (χ0v) is 10.2.